The summed E-state index contributed by atoms with van der Waals surface area (Å²) >= 11 is 0. The van der Waals surface area contributed by atoms with E-state index in [9.17, 15) is 0 Å². The van der Waals surface area contributed by atoms with Crippen molar-refractivity contribution in [3.05, 3.63) is 36.4 Å². The maximum atomic E-state index is 8.54. The number of fused-ring (bicyclic) bond motifs is 1. The van der Waals surface area contributed by atoms with Crippen LogP contribution in [0.4, 0.5) is 0 Å². The highest BCUT2D eigenvalue weighted by atomic mass is 16.4. The van der Waals surface area contributed by atoms with E-state index in [4.69, 9.17) is 10.9 Å². The summed E-state index contributed by atoms with van der Waals surface area (Å²) in [6, 6.07) is 7.32. The van der Waals surface area contributed by atoms with Crippen molar-refractivity contribution in [1.82, 2.24) is 29.9 Å². The maximum absolute atomic E-state index is 8.54. The fourth-order valence-electron chi connectivity index (χ4n) is 1.49. The van der Waals surface area contributed by atoms with E-state index in [0.717, 1.165) is 0 Å². The molecule has 3 aromatic rings. The summed E-state index contributed by atoms with van der Waals surface area (Å²) in [6.45, 7) is 0. The first-order valence-corrected chi connectivity index (χ1v) is 5.27. The van der Waals surface area contributed by atoms with E-state index in [1.807, 2.05) is 24.3 Å². The van der Waals surface area contributed by atoms with Crippen LogP contribution in [0.15, 0.2) is 35.7 Å². The van der Waals surface area contributed by atoms with Crippen LogP contribution in [-0.4, -0.2) is 41.0 Å². The van der Waals surface area contributed by atoms with Crippen LogP contribution >= 0.6 is 0 Å². The van der Waals surface area contributed by atoms with E-state index in [1.54, 1.807) is 0 Å². The SMILES string of the molecule is N/C(=N/O)c1ncn(-c2nnc3ccccc3n2)n1. The number of nitrogens with two attached hydrogens (primary N) is 1. The zero-order valence-corrected chi connectivity index (χ0v) is 9.54. The predicted octanol–water partition coefficient (Wildman–Crippen LogP) is -0.300. The van der Waals surface area contributed by atoms with Gasteiger partial charge >= 0.3 is 0 Å². The highest BCUT2D eigenvalue weighted by molar-refractivity contribution is 5.93. The molecule has 9 heteroatoms. The maximum Gasteiger partial charge on any atom is 0.272 e. The molecular formula is C10H8N8O. The number of benzene rings is 1. The van der Waals surface area contributed by atoms with Crippen molar-refractivity contribution in [2.75, 3.05) is 0 Å². The van der Waals surface area contributed by atoms with E-state index in [1.165, 1.54) is 11.0 Å². The number of rotatable bonds is 2. The summed E-state index contributed by atoms with van der Waals surface area (Å²) in [6.07, 6.45) is 1.36. The molecule has 0 atom stereocenters. The minimum absolute atomic E-state index is 0.0826. The van der Waals surface area contributed by atoms with Crippen LogP contribution in [0.5, 0.6) is 0 Å². The Bertz CT molecular complexity index is 765. The first kappa shape index (κ1) is 11.0. The van der Waals surface area contributed by atoms with Gasteiger partial charge in [-0.1, -0.05) is 17.3 Å². The molecule has 2 heterocycles. The minimum atomic E-state index is -0.188. The fraction of sp³-hybridized carbons (Fsp3) is 0. The van der Waals surface area contributed by atoms with E-state index < -0.39 is 0 Å². The van der Waals surface area contributed by atoms with E-state index in [-0.39, 0.29) is 17.6 Å². The van der Waals surface area contributed by atoms with Crippen molar-refractivity contribution in [1.29, 1.82) is 0 Å². The van der Waals surface area contributed by atoms with Crippen molar-refractivity contribution in [2.24, 2.45) is 10.9 Å². The third kappa shape index (κ3) is 1.92. The van der Waals surface area contributed by atoms with Gasteiger partial charge in [-0.15, -0.1) is 15.3 Å². The van der Waals surface area contributed by atoms with Crippen molar-refractivity contribution in [3.8, 4) is 5.95 Å². The summed E-state index contributed by atoms with van der Waals surface area (Å²) in [5, 5.41) is 23.3. The first-order valence-electron chi connectivity index (χ1n) is 5.27. The Morgan fingerprint density at radius 3 is 2.79 bits per heavy atom. The van der Waals surface area contributed by atoms with E-state index >= 15 is 0 Å². The molecule has 0 aliphatic carbocycles. The van der Waals surface area contributed by atoms with Gasteiger partial charge in [-0.2, -0.15) is 4.68 Å². The number of hydrogen-bond donors (Lipinski definition) is 2. The molecule has 3 N–H and O–H groups in total. The smallest absolute Gasteiger partial charge is 0.272 e. The molecule has 0 aliphatic rings. The molecule has 0 fully saturated rings. The second-order valence-corrected chi connectivity index (χ2v) is 3.60. The Morgan fingerprint density at radius 1 is 1.21 bits per heavy atom. The van der Waals surface area contributed by atoms with Gasteiger partial charge in [0, 0.05) is 0 Å². The van der Waals surface area contributed by atoms with Crippen molar-refractivity contribution < 1.29 is 5.21 Å². The Labute approximate surface area is 106 Å². The van der Waals surface area contributed by atoms with Gasteiger partial charge in [-0.25, -0.2) is 9.97 Å². The molecule has 0 saturated carbocycles. The molecule has 0 bridgehead atoms. The predicted molar refractivity (Wildman–Crippen MR) is 64.8 cm³/mol. The summed E-state index contributed by atoms with van der Waals surface area (Å²) in [7, 11) is 0. The molecule has 0 saturated heterocycles. The highest BCUT2D eigenvalue weighted by Gasteiger charge is 2.09. The fourth-order valence-corrected chi connectivity index (χ4v) is 1.49. The second kappa shape index (κ2) is 4.29. The van der Waals surface area contributed by atoms with E-state index in [0.29, 0.717) is 11.0 Å². The molecule has 9 nitrogen and oxygen atoms in total. The van der Waals surface area contributed by atoms with Gasteiger partial charge in [0.15, 0.2) is 0 Å². The van der Waals surface area contributed by atoms with Crippen LogP contribution in [0.3, 0.4) is 0 Å². The van der Waals surface area contributed by atoms with Crippen LogP contribution in [-0.2, 0) is 0 Å². The Hall–Kier alpha value is -3.10. The molecule has 19 heavy (non-hydrogen) atoms. The number of hydrogen-bond acceptors (Lipinski definition) is 7. The Balaban J connectivity index is 2.06. The lowest BCUT2D eigenvalue weighted by molar-refractivity contribution is 0.318. The largest absolute Gasteiger partial charge is 0.409 e. The molecule has 0 spiro atoms. The van der Waals surface area contributed by atoms with E-state index in [2.05, 4.69) is 30.4 Å². The van der Waals surface area contributed by atoms with Gasteiger partial charge < -0.3 is 10.9 Å². The van der Waals surface area contributed by atoms with Crippen LogP contribution in [0, 0.1) is 0 Å². The molecule has 0 amide bonds. The average molecular weight is 256 g/mol. The number of oxime groups is 1. The van der Waals surface area contributed by atoms with Crippen LogP contribution < -0.4 is 5.73 Å². The lowest BCUT2D eigenvalue weighted by Crippen LogP contribution is -2.15. The molecular weight excluding hydrogens is 248 g/mol. The zero-order valence-electron chi connectivity index (χ0n) is 9.54. The van der Waals surface area contributed by atoms with Crippen molar-refractivity contribution in [3.63, 3.8) is 0 Å². The van der Waals surface area contributed by atoms with Gasteiger partial charge in [0.1, 0.15) is 11.8 Å². The molecule has 94 valence electrons. The number of amidine groups is 1. The van der Waals surface area contributed by atoms with Crippen LogP contribution in [0.2, 0.25) is 0 Å². The quantitative estimate of drug-likeness (QED) is 0.279. The number of aromatic nitrogens is 6. The lowest BCUT2D eigenvalue weighted by Gasteiger charge is -1.99. The van der Waals surface area contributed by atoms with Gasteiger partial charge in [-0.05, 0) is 12.1 Å². The molecule has 3 rings (SSSR count). The van der Waals surface area contributed by atoms with Crippen molar-refractivity contribution in [2.45, 2.75) is 0 Å². The van der Waals surface area contributed by atoms with Crippen LogP contribution in [0.25, 0.3) is 17.0 Å². The molecule has 1 aromatic carbocycles. The average Bonchev–Trinajstić information content (AvgIpc) is 2.95. The van der Waals surface area contributed by atoms with Gasteiger partial charge in [0.05, 0.1) is 5.52 Å². The monoisotopic (exact) mass is 256 g/mol. The normalized spacial score (nSPS) is 11.9. The minimum Gasteiger partial charge on any atom is -0.409 e. The summed E-state index contributed by atoms with van der Waals surface area (Å²) in [5.74, 6) is 0.148. The van der Waals surface area contributed by atoms with Gasteiger partial charge in [0.2, 0.25) is 11.7 Å². The lowest BCUT2D eigenvalue weighted by atomic mass is 10.3. The second-order valence-electron chi connectivity index (χ2n) is 3.60. The third-order valence-corrected chi connectivity index (χ3v) is 2.38. The standard InChI is InChI=1S/C10H8N8O/c11-8(17-19)9-12-5-18(16-9)10-13-6-3-1-2-4-7(6)14-15-10/h1-5,19H,(H2,11,17). The topological polar surface area (TPSA) is 128 Å². The number of nitrogens with zero attached hydrogens (tertiary/aromatic N) is 7. The molecule has 2 aromatic heterocycles. The van der Waals surface area contributed by atoms with Gasteiger partial charge in [-0.3, -0.25) is 0 Å². The molecule has 0 radical (unpaired) electrons. The molecule has 0 unspecified atom stereocenters. The van der Waals surface area contributed by atoms with Gasteiger partial charge in [0.25, 0.3) is 5.95 Å². The van der Waals surface area contributed by atoms with Crippen molar-refractivity contribution >= 4 is 16.9 Å². The Morgan fingerprint density at radius 2 is 2.00 bits per heavy atom. The summed E-state index contributed by atoms with van der Waals surface area (Å²) in [5.41, 5.74) is 6.75. The third-order valence-electron chi connectivity index (χ3n) is 2.38. The number of para-hydroxylation sites is 1. The highest BCUT2D eigenvalue weighted by Crippen LogP contribution is 2.08. The Kier molecular flexibility index (Phi) is 2.49. The first-order chi connectivity index (χ1) is 9.28. The summed E-state index contributed by atoms with van der Waals surface area (Å²) < 4.78 is 1.30. The zero-order chi connectivity index (χ0) is 13.2. The summed E-state index contributed by atoms with van der Waals surface area (Å²) in [4.78, 5) is 8.16. The van der Waals surface area contributed by atoms with Crippen LogP contribution in [0.1, 0.15) is 5.82 Å². The molecule has 0 aliphatic heterocycles.